The second-order valence-corrected chi connectivity index (χ2v) is 10.1. The summed E-state index contributed by atoms with van der Waals surface area (Å²) in [6.07, 6.45) is 2.39. The van der Waals surface area contributed by atoms with Crippen molar-refractivity contribution in [3.8, 4) is 5.75 Å². The number of ketones is 1. The third-order valence-electron chi connectivity index (χ3n) is 5.09. The van der Waals surface area contributed by atoms with Crippen LogP contribution in [0.1, 0.15) is 84.2 Å². The van der Waals surface area contributed by atoms with Crippen molar-refractivity contribution in [3.63, 3.8) is 0 Å². The van der Waals surface area contributed by atoms with Crippen LogP contribution in [-0.2, 0) is 11.2 Å². The zero-order valence-corrected chi connectivity index (χ0v) is 19.1. The van der Waals surface area contributed by atoms with Crippen molar-refractivity contribution in [1.82, 2.24) is 4.90 Å². The molecule has 1 aromatic rings. The van der Waals surface area contributed by atoms with E-state index in [0.29, 0.717) is 19.1 Å². The van der Waals surface area contributed by atoms with Gasteiger partial charge in [-0.2, -0.15) is 0 Å². The molecule has 28 heavy (non-hydrogen) atoms. The highest BCUT2D eigenvalue weighted by Crippen LogP contribution is 2.30. The number of carbonyl (C=O) groups is 1. The standard InChI is InChI=1S/C24H39NO3/c1-17(2)25(23(3,4)5)15-18(28-24(6,7)8)16-27-22-14-10-11-19-20(22)12-9-13-21(19)26/h10-11,14,17-18H,9,12-13,15-16H2,1-8H3/t18-/m0/s1. The summed E-state index contributed by atoms with van der Waals surface area (Å²) in [5.41, 5.74) is 1.69. The minimum atomic E-state index is -0.249. The minimum Gasteiger partial charge on any atom is -0.491 e. The van der Waals surface area contributed by atoms with E-state index in [-0.39, 0.29) is 23.0 Å². The first-order valence-corrected chi connectivity index (χ1v) is 10.6. The van der Waals surface area contributed by atoms with Gasteiger partial charge in [-0.15, -0.1) is 0 Å². The van der Waals surface area contributed by atoms with Crippen LogP contribution in [0.5, 0.6) is 5.75 Å². The summed E-state index contributed by atoms with van der Waals surface area (Å²) in [6.45, 7) is 18.7. The second kappa shape index (κ2) is 8.96. The molecule has 0 spiro atoms. The van der Waals surface area contributed by atoms with Gasteiger partial charge in [0.05, 0.1) is 5.60 Å². The quantitative estimate of drug-likeness (QED) is 0.636. The Morgan fingerprint density at radius 3 is 2.32 bits per heavy atom. The highest BCUT2D eigenvalue weighted by Gasteiger charge is 2.30. The molecule has 1 aliphatic rings. The van der Waals surface area contributed by atoms with E-state index in [1.165, 1.54) is 0 Å². The number of rotatable bonds is 7. The Balaban J connectivity index is 2.18. The second-order valence-electron chi connectivity index (χ2n) is 10.1. The van der Waals surface area contributed by atoms with Crippen LogP contribution in [0.2, 0.25) is 0 Å². The summed E-state index contributed by atoms with van der Waals surface area (Å²) >= 11 is 0. The fraction of sp³-hybridized carbons (Fsp3) is 0.708. The van der Waals surface area contributed by atoms with Crippen molar-refractivity contribution in [1.29, 1.82) is 0 Å². The molecule has 0 aliphatic heterocycles. The van der Waals surface area contributed by atoms with Crippen molar-refractivity contribution >= 4 is 5.78 Å². The maximum absolute atomic E-state index is 12.2. The van der Waals surface area contributed by atoms with Crippen LogP contribution in [0.25, 0.3) is 0 Å². The van der Waals surface area contributed by atoms with Crippen LogP contribution >= 0.6 is 0 Å². The fourth-order valence-electron chi connectivity index (χ4n) is 4.07. The van der Waals surface area contributed by atoms with Gasteiger partial charge in [0.1, 0.15) is 18.5 Å². The van der Waals surface area contributed by atoms with Gasteiger partial charge in [0.2, 0.25) is 0 Å². The third kappa shape index (κ3) is 6.31. The predicted molar refractivity (Wildman–Crippen MR) is 115 cm³/mol. The summed E-state index contributed by atoms with van der Waals surface area (Å²) in [5.74, 6) is 1.06. The van der Waals surface area contributed by atoms with Gasteiger partial charge in [-0.05, 0) is 74.3 Å². The molecular weight excluding hydrogens is 350 g/mol. The first-order chi connectivity index (χ1) is 12.9. The number of nitrogens with zero attached hydrogens (tertiary/aromatic N) is 1. The van der Waals surface area contributed by atoms with E-state index in [1.54, 1.807) is 0 Å². The normalized spacial score (nSPS) is 16.4. The monoisotopic (exact) mass is 389 g/mol. The largest absolute Gasteiger partial charge is 0.491 e. The number of fused-ring (bicyclic) bond motifs is 1. The number of hydrogen-bond donors (Lipinski definition) is 0. The van der Waals surface area contributed by atoms with Gasteiger partial charge in [-0.25, -0.2) is 0 Å². The molecule has 0 saturated heterocycles. The van der Waals surface area contributed by atoms with Crippen molar-refractivity contribution in [2.45, 2.75) is 97.9 Å². The smallest absolute Gasteiger partial charge is 0.163 e. The highest BCUT2D eigenvalue weighted by atomic mass is 16.5. The van der Waals surface area contributed by atoms with Crippen LogP contribution < -0.4 is 4.74 Å². The molecule has 4 nitrogen and oxygen atoms in total. The van der Waals surface area contributed by atoms with Crippen LogP contribution in [0.3, 0.4) is 0 Å². The Morgan fingerprint density at radius 1 is 1.07 bits per heavy atom. The van der Waals surface area contributed by atoms with Gasteiger partial charge >= 0.3 is 0 Å². The molecule has 2 rings (SSSR count). The van der Waals surface area contributed by atoms with Crippen molar-refractivity contribution in [2.24, 2.45) is 0 Å². The molecule has 1 aliphatic carbocycles. The molecule has 1 aromatic carbocycles. The average Bonchev–Trinajstić information content (AvgIpc) is 2.55. The Hall–Kier alpha value is -1.39. The lowest BCUT2D eigenvalue weighted by atomic mass is 9.90. The van der Waals surface area contributed by atoms with E-state index in [9.17, 15) is 4.79 Å². The number of hydrogen-bond acceptors (Lipinski definition) is 4. The molecule has 4 heteroatoms. The van der Waals surface area contributed by atoms with Crippen LogP contribution in [0.4, 0.5) is 0 Å². The summed E-state index contributed by atoms with van der Waals surface area (Å²) < 4.78 is 12.6. The number of carbonyl (C=O) groups excluding carboxylic acids is 1. The molecule has 1 atom stereocenters. The molecule has 0 fully saturated rings. The van der Waals surface area contributed by atoms with Gasteiger partial charge in [-0.1, -0.05) is 12.1 Å². The van der Waals surface area contributed by atoms with E-state index < -0.39 is 0 Å². The molecule has 0 heterocycles. The Labute approximate surface area is 171 Å². The molecule has 0 radical (unpaired) electrons. The Kier molecular flexibility index (Phi) is 7.33. The van der Waals surface area contributed by atoms with Gasteiger partial charge in [0, 0.05) is 35.7 Å². The molecule has 0 unspecified atom stereocenters. The lowest BCUT2D eigenvalue weighted by Gasteiger charge is -2.42. The number of benzene rings is 1. The van der Waals surface area contributed by atoms with Gasteiger partial charge < -0.3 is 9.47 Å². The van der Waals surface area contributed by atoms with Gasteiger partial charge in [0.25, 0.3) is 0 Å². The van der Waals surface area contributed by atoms with Gasteiger partial charge in [-0.3, -0.25) is 9.69 Å². The molecule has 0 saturated carbocycles. The third-order valence-corrected chi connectivity index (χ3v) is 5.09. The topological polar surface area (TPSA) is 38.8 Å². The summed E-state index contributed by atoms with van der Waals surface area (Å²) in [7, 11) is 0. The summed E-state index contributed by atoms with van der Waals surface area (Å²) in [4.78, 5) is 14.7. The first-order valence-electron chi connectivity index (χ1n) is 10.6. The summed E-state index contributed by atoms with van der Waals surface area (Å²) in [5, 5.41) is 0. The molecule has 158 valence electrons. The maximum atomic E-state index is 12.2. The zero-order chi connectivity index (χ0) is 21.1. The molecular formula is C24H39NO3. The minimum absolute atomic E-state index is 0.0476. The van der Waals surface area contributed by atoms with Crippen LogP contribution in [0, 0.1) is 0 Å². The van der Waals surface area contributed by atoms with E-state index in [0.717, 1.165) is 36.3 Å². The molecule has 0 aromatic heterocycles. The van der Waals surface area contributed by atoms with Crippen molar-refractivity contribution < 1.29 is 14.3 Å². The predicted octanol–water partition coefficient (Wildman–Crippen LogP) is 5.28. The maximum Gasteiger partial charge on any atom is 0.163 e. The lowest BCUT2D eigenvalue weighted by Crippen LogP contribution is -2.51. The van der Waals surface area contributed by atoms with Crippen molar-refractivity contribution in [2.75, 3.05) is 13.2 Å². The van der Waals surface area contributed by atoms with E-state index in [2.05, 4.69) is 60.3 Å². The van der Waals surface area contributed by atoms with E-state index >= 15 is 0 Å². The first kappa shape index (κ1) is 22.9. The highest BCUT2D eigenvalue weighted by molar-refractivity contribution is 5.99. The average molecular weight is 390 g/mol. The fourth-order valence-corrected chi connectivity index (χ4v) is 4.07. The Bertz CT molecular complexity index is 667. The molecule has 0 amide bonds. The molecule has 0 N–H and O–H groups in total. The van der Waals surface area contributed by atoms with Crippen LogP contribution in [0.15, 0.2) is 18.2 Å². The Morgan fingerprint density at radius 2 is 1.75 bits per heavy atom. The van der Waals surface area contributed by atoms with E-state index in [1.807, 2.05) is 18.2 Å². The van der Waals surface area contributed by atoms with Gasteiger partial charge in [0.15, 0.2) is 5.78 Å². The summed E-state index contributed by atoms with van der Waals surface area (Å²) in [6, 6.07) is 6.24. The van der Waals surface area contributed by atoms with Crippen LogP contribution in [-0.4, -0.2) is 47.1 Å². The van der Waals surface area contributed by atoms with Crippen molar-refractivity contribution in [3.05, 3.63) is 29.3 Å². The molecule has 0 bridgehead atoms. The number of Topliss-reactive ketones (excluding diaryl/α,β-unsaturated/α-hetero) is 1. The number of ether oxygens (including phenoxy) is 2. The van der Waals surface area contributed by atoms with E-state index in [4.69, 9.17) is 9.47 Å². The zero-order valence-electron chi connectivity index (χ0n) is 19.1. The lowest BCUT2D eigenvalue weighted by molar-refractivity contribution is -0.0987. The SMILES string of the molecule is CC(C)N(C[C@@H](COc1cccc2c1CCCC2=O)OC(C)(C)C)C(C)(C)C.